The second kappa shape index (κ2) is 5.35. The van der Waals surface area contributed by atoms with Gasteiger partial charge in [0.05, 0.1) is 5.69 Å². The van der Waals surface area contributed by atoms with Gasteiger partial charge in [-0.3, -0.25) is 4.99 Å². The van der Waals surface area contributed by atoms with Crippen LogP contribution in [0.5, 0.6) is 0 Å². The predicted octanol–water partition coefficient (Wildman–Crippen LogP) is 1.47. The fraction of sp³-hybridized carbons (Fsp3) is 0.231. The molecule has 0 aliphatic rings. The van der Waals surface area contributed by atoms with Crippen LogP contribution in [-0.4, -0.2) is 17.5 Å². The highest BCUT2D eigenvalue weighted by Gasteiger charge is 2.05. The lowest BCUT2D eigenvalue weighted by molar-refractivity contribution is 0.572. The zero-order valence-electron chi connectivity index (χ0n) is 10.3. The van der Waals surface area contributed by atoms with Crippen molar-refractivity contribution in [2.75, 3.05) is 6.54 Å². The van der Waals surface area contributed by atoms with Gasteiger partial charge < -0.3 is 15.9 Å². The van der Waals surface area contributed by atoms with Crippen molar-refractivity contribution in [3.05, 3.63) is 41.8 Å². The van der Waals surface area contributed by atoms with Crippen LogP contribution in [0.15, 0.2) is 39.9 Å². The zero-order chi connectivity index (χ0) is 13.0. The number of hydrogen-bond acceptors (Lipinski definition) is 3. The lowest BCUT2D eigenvalue weighted by Crippen LogP contribution is -2.23. The highest BCUT2D eigenvalue weighted by molar-refractivity contribution is 5.75. The summed E-state index contributed by atoms with van der Waals surface area (Å²) in [6.07, 6.45) is 2.30. The summed E-state index contributed by atoms with van der Waals surface area (Å²) < 4.78 is 5.43. The molecule has 4 N–H and O–H groups in total. The first kappa shape index (κ1) is 12.2. The van der Waals surface area contributed by atoms with Gasteiger partial charge in [0.1, 0.15) is 6.26 Å². The van der Waals surface area contributed by atoms with Crippen LogP contribution in [0.25, 0.3) is 11.5 Å². The quantitative estimate of drug-likeness (QED) is 0.629. The Bertz CT molecular complexity index is 538. The maximum Gasteiger partial charge on any atom is 0.226 e. The summed E-state index contributed by atoms with van der Waals surface area (Å²) >= 11 is 0. The van der Waals surface area contributed by atoms with Crippen LogP contribution in [0, 0.1) is 6.92 Å². The number of guanidine groups is 1. The van der Waals surface area contributed by atoms with Gasteiger partial charge in [-0.2, -0.15) is 0 Å². The summed E-state index contributed by atoms with van der Waals surface area (Å²) in [6.45, 7) is 2.56. The van der Waals surface area contributed by atoms with Gasteiger partial charge in [0.2, 0.25) is 5.89 Å². The molecule has 0 radical (unpaired) electrons. The Morgan fingerprint density at radius 3 is 2.67 bits per heavy atom. The molecular weight excluding hydrogens is 228 g/mol. The summed E-state index contributed by atoms with van der Waals surface area (Å²) in [7, 11) is 0. The third-order valence-electron chi connectivity index (χ3n) is 2.51. The molecule has 0 unspecified atom stereocenters. The van der Waals surface area contributed by atoms with Gasteiger partial charge in [0.25, 0.3) is 0 Å². The highest BCUT2D eigenvalue weighted by Crippen LogP contribution is 2.19. The van der Waals surface area contributed by atoms with Crippen LogP contribution in [0.3, 0.4) is 0 Å². The topological polar surface area (TPSA) is 90.4 Å². The third-order valence-corrected chi connectivity index (χ3v) is 2.51. The SMILES string of the molecule is Cc1ccc(-c2nc(CCN=C(N)N)co2)cc1. The minimum Gasteiger partial charge on any atom is -0.444 e. The van der Waals surface area contributed by atoms with Crippen LogP contribution in [-0.2, 0) is 6.42 Å². The van der Waals surface area contributed by atoms with Crippen LogP contribution in [0.1, 0.15) is 11.3 Å². The Morgan fingerprint density at radius 1 is 1.28 bits per heavy atom. The van der Waals surface area contributed by atoms with E-state index in [0.29, 0.717) is 18.9 Å². The molecule has 0 saturated heterocycles. The minimum absolute atomic E-state index is 0.0947. The van der Waals surface area contributed by atoms with E-state index in [1.165, 1.54) is 5.56 Å². The molecule has 0 aliphatic carbocycles. The molecule has 0 spiro atoms. The molecule has 18 heavy (non-hydrogen) atoms. The number of nitrogens with two attached hydrogens (primary N) is 2. The third kappa shape index (κ3) is 3.10. The Balaban J connectivity index is 2.06. The average molecular weight is 244 g/mol. The van der Waals surface area contributed by atoms with E-state index in [1.54, 1.807) is 6.26 Å². The number of nitrogens with zero attached hydrogens (tertiary/aromatic N) is 2. The zero-order valence-corrected chi connectivity index (χ0v) is 10.3. The Labute approximate surface area is 106 Å². The number of aryl methyl sites for hydroxylation is 1. The highest BCUT2D eigenvalue weighted by atomic mass is 16.3. The molecule has 0 atom stereocenters. The largest absolute Gasteiger partial charge is 0.444 e. The molecule has 2 rings (SSSR count). The summed E-state index contributed by atoms with van der Waals surface area (Å²) in [5, 5.41) is 0. The van der Waals surface area contributed by atoms with Crippen LogP contribution in [0.2, 0.25) is 0 Å². The molecule has 1 aromatic heterocycles. The second-order valence-electron chi connectivity index (χ2n) is 4.07. The van der Waals surface area contributed by atoms with Crippen LogP contribution in [0.4, 0.5) is 0 Å². The first-order valence-electron chi connectivity index (χ1n) is 5.72. The van der Waals surface area contributed by atoms with Gasteiger partial charge in [-0.15, -0.1) is 0 Å². The van der Waals surface area contributed by atoms with Crippen LogP contribution >= 0.6 is 0 Å². The molecule has 1 heterocycles. The molecule has 0 aliphatic heterocycles. The maximum atomic E-state index is 5.43. The number of aliphatic imine (C=N–C) groups is 1. The van der Waals surface area contributed by atoms with E-state index in [-0.39, 0.29) is 5.96 Å². The Morgan fingerprint density at radius 2 is 2.00 bits per heavy atom. The second-order valence-corrected chi connectivity index (χ2v) is 4.07. The summed E-state index contributed by atoms with van der Waals surface area (Å²) in [5.41, 5.74) is 13.5. The Hall–Kier alpha value is -2.30. The van der Waals surface area contributed by atoms with E-state index in [4.69, 9.17) is 15.9 Å². The van der Waals surface area contributed by atoms with E-state index in [1.807, 2.05) is 31.2 Å². The van der Waals surface area contributed by atoms with E-state index < -0.39 is 0 Å². The molecule has 1 aromatic carbocycles. The lowest BCUT2D eigenvalue weighted by atomic mass is 10.1. The number of aromatic nitrogens is 1. The number of hydrogen-bond donors (Lipinski definition) is 2. The molecule has 2 aromatic rings. The van der Waals surface area contributed by atoms with E-state index in [0.717, 1.165) is 11.3 Å². The molecule has 0 fully saturated rings. The summed E-state index contributed by atoms with van der Waals surface area (Å²) in [4.78, 5) is 8.29. The number of oxazole rings is 1. The molecule has 5 heteroatoms. The van der Waals surface area contributed by atoms with Crippen molar-refractivity contribution in [1.29, 1.82) is 0 Å². The first-order chi connectivity index (χ1) is 8.65. The minimum atomic E-state index is 0.0947. The van der Waals surface area contributed by atoms with Crippen LogP contribution < -0.4 is 11.5 Å². The first-order valence-corrected chi connectivity index (χ1v) is 5.72. The average Bonchev–Trinajstić information content (AvgIpc) is 2.78. The van der Waals surface area contributed by atoms with Crippen molar-refractivity contribution in [3.63, 3.8) is 0 Å². The predicted molar refractivity (Wildman–Crippen MR) is 71.1 cm³/mol. The summed E-state index contributed by atoms with van der Waals surface area (Å²) in [5.74, 6) is 0.715. The monoisotopic (exact) mass is 244 g/mol. The molecule has 0 bridgehead atoms. The van der Waals surface area contributed by atoms with Crippen molar-refractivity contribution in [2.24, 2.45) is 16.5 Å². The van der Waals surface area contributed by atoms with E-state index in [9.17, 15) is 0 Å². The van der Waals surface area contributed by atoms with Gasteiger partial charge in [-0.25, -0.2) is 4.98 Å². The number of rotatable bonds is 4. The smallest absolute Gasteiger partial charge is 0.226 e. The van der Waals surface area contributed by atoms with Crippen molar-refractivity contribution in [2.45, 2.75) is 13.3 Å². The van der Waals surface area contributed by atoms with E-state index in [2.05, 4.69) is 9.98 Å². The van der Waals surface area contributed by atoms with Crippen molar-refractivity contribution < 1.29 is 4.42 Å². The standard InChI is InChI=1S/C13H16N4O/c1-9-2-4-10(5-3-9)12-17-11(8-18-12)6-7-16-13(14)15/h2-5,8H,6-7H2,1H3,(H4,14,15,16). The van der Waals surface area contributed by atoms with Gasteiger partial charge in [-0.1, -0.05) is 17.7 Å². The molecule has 0 amide bonds. The lowest BCUT2D eigenvalue weighted by Gasteiger charge is -1.95. The van der Waals surface area contributed by atoms with Gasteiger partial charge >= 0.3 is 0 Å². The fourth-order valence-corrected chi connectivity index (χ4v) is 1.55. The Kier molecular flexibility index (Phi) is 3.62. The van der Waals surface area contributed by atoms with Gasteiger partial charge in [-0.05, 0) is 19.1 Å². The fourth-order valence-electron chi connectivity index (χ4n) is 1.55. The molecule has 0 saturated carbocycles. The normalized spacial score (nSPS) is 10.3. The molecular formula is C13H16N4O. The van der Waals surface area contributed by atoms with E-state index >= 15 is 0 Å². The molecule has 94 valence electrons. The van der Waals surface area contributed by atoms with Crippen molar-refractivity contribution in [1.82, 2.24) is 4.98 Å². The maximum absolute atomic E-state index is 5.43. The summed E-state index contributed by atoms with van der Waals surface area (Å²) in [6, 6.07) is 8.03. The van der Waals surface area contributed by atoms with Gasteiger partial charge in [0, 0.05) is 18.5 Å². The van der Waals surface area contributed by atoms with Gasteiger partial charge in [0.15, 0.2) is 5.96 Å². The number of benzene rings is 1. The van der Waals surface area contributed by atoms with Crippen molar-refractivity contribution >= 4 is 5.96 Å². The van der Waals surface area contributed by atoms with Crippen molar-refractivity contribution in [3.8, 4) is 11.5 Å². The molecule has 5 nitrogen and oxygen atoms in total.